The summed E-state index contributed by atoms with van der Waals surface area (Å²) < 4.78 is 27.5. The molecule has 1 saturated heterocycles. The molecule has 1 fully saturated rings. The van der Waals surface area contributed by atoms with E-state index in [4.69, 9.17) is 11.6 Å². The topological polar surface area (TPSA) is 20.3 Å². The highest BCUT2D eigenvalue weighted by molar-refractivity contribution is 6.34. The number of halogens is 3. The van der Waals surface area contributed by atoms with Gasteiger partial charge in [0.2, 0.25) is 0 Å². The molecule has 0 aliphatic carbocycles. The molecule has 0 saturated carbocycles. The Labute approximate surface area is 122 Å². The summed E-state index contributed by atoms with van der Waals surface area (Å²) in [4.78, 5) is 14.2. The lowest BCUT2D eigenvalue weighted by Crippen LogP contribution is -2.43. The maximum atomic E-state index is 14.0. The number of rotatable bonds is 2. The van der Waals surface area contributed by atoms with Crippen molar-refractivity contribution < 1.29 is 13.6 Å². The zero-order valence-corrected chi connectivity index (χ0v) is 12.4. The summed E-state index contributed by atoms with van der Waals surface area (Å²) in [5.74, 6) is -2.67. The van der Waals surface area contributed by atoms with Crippen LogP contribution in [0.25, 0.3) is 0 Å². The number of likely N-dealkylation sites (tertiary alicyclic amines) is 1. The Bertz CT molecular complexity index is 507. The monoisotopic (exact) mass is 301 g/mol. The van der Waals surface area contributed by atoms with E-state index in [0.29, 0.717) is 12.1 Å². The van der Waals surface area contributed by atoms with Gasteiger partial charge in [-0.1, -0.05) is 18.5 Å². The predicted octanol–water partition coefficient (Wildman–Crippen LogP) is 4.33. The highest BCUT2D eigenvalue weighted by Gasteiger charge is 2.31. The molecule has 5 heteroatoms. The third-order valence-electron chi connectivity index (χ3n) is 3.91. The molecule has 0 radical (unpaired) electrons. The molecular formula is C15H18ClF2NO. The maximum absolute atomic E-state index is 14.0. The molecule has 20 heavy (non-hydrogen) atoms. The minimum absolute atomic E-state index is 0.00864. The van der Waals surface area contributed by atoms with E-state index in [-0.39, 0.29) is 16.6 Å². The Kier molecular flexibility index (Phi) is 4.63. The number of hydrogen-bond acceptors (Lipinski definition) is 1. The summed E-state index contributed by atoms with van der Waals surface area (Å²) >= 11 is 6.02. The lowest BCUT2D eigenvalue weighted by Gasteiger charge is -2.35. The van der Waals surface area contributed by atoms with E-state index in [1.807, 2.05) is 6.92 Å². The predicted molar refractivity (Wildman–Crippen MR) is 75.1 cm³/mol. The summed E-state index contributed by atoms with van der Waals surface area (Å²) in [6.45, 7) is 4.13. The van der Waals surface area contributed by atoms with Crippen LogP contribution in [-0.2, 0) is 0 Å². The second kappa shape index (κ2) is 6.08. The third-order valence-corrected chi connectivity index (χ3v) is 4.40. The second-order valence-corrected chi connectivity index (χ2v) is 5.61. The first-order valence-corrected chi connectivity index (χ1v) is 7.30. The van der Waals surface area contributed by atoms with Gasteiger partial charge in [-0.3, -0.25) is 4.79 Å². The number of benzene rings is 1. The molecule has 1 aromatic rings. The molecule has 0 N–H and O–H groups in total. The van der Waals surface area contributed by atoms with Crippen molar-refractivity contribution in [1.29, 1.82) is 0 Å². The normalized spacial score (nSPS) is 19.2. The minimum atomic E-state index is -1.15. The van der Waals surface area contributed by atoms with Crippen LogP contribution in [0.1, 0.15) is 48.5 Å². The van der Waals surface area contributed by atoms with Crippen molar-refractivity contribution in [3.05, 3.63) is 33.9 Å². The van der Waals surface area contributed by atoms with Crippen LogP contribution in [0.3, 0.4) is 0 Å². The van der Waals surface area contributed by atoms with Crippen LogP contribution in [0.2, 0.25) is 5.02 Å². The Hall–Kier alpha value is -1.16. The third kappa shape index (κ3) is 2.66. The van der Waals surface area contributed by atoms with Gasteiger partial charge < -0.3 is 4.90 Å². The standard InChI is InChI=1S/C15H18ClF2NO/c1-3-10-6-4-5-7-19(10)15(20)12-13(16)9(2)8-11(17)14(12)18/h8,10H,3-7H2,1-2H3. The Balaban J connectivity index is 2.42. The summed E-state index contributed by atoms with van der Waals surface area (Å²) in [5, 5.41) is 0.00864. The maximum Gasteiger partial charge on any atom is 0.258 e. The Morgan fingerprint density at radius 2 is 2.15 bits per heavy atom. The number of piperidine rings is 1. The van der Waals surface area contributed by atoms with Gasteiger partial charge in [0.15, 0.2) is 11.6 Å². The van der Waals surface area contributed by atoms with Crippen molar-refractivity contribution in [2.24, 2.45) is 0 Å². The van der Waals surface area contributed by atoms with Gasteiger partial charge in [0.25, 0.3) is 5.91 Å². The molecule has 110 valence electrons. The lowest BCUT2D eigenvalue weighted by atomic mass is 9.98. The van der Waals surface area contributed by atoms with Gasteiger partial charge in [-0.05, 0) is 44.2 Å². The van der Waals surface area contributed by atoms with Crippen LogP contribution >= 0.6 is 11.6 Å². The van der Waals surface area contributed by atoms with Gasteiger partial charge in [-0.25, -0.2) is 8.78 Å². The van der Waals surface area contributed by atoms with Gasteiger partial charge in [0, 0.05) is 12.6 Å². The van der Waals surface area contributed by atoms with Crippen molar-refractivity contribution in [3.63, 3.8) is 0 Å². The van der Waals surface area contributed by atoms with Crippen molar-refractivity contribution >= 4 is 17.5 Å². The van der Waals surface area contributed by atoms with Crippen LogP contribution in [0, 0.1) is 18.6 Å². The van der Waals surface area contributed by atoms with Crippen LogP contribution in [0.15, 0.2) is 6.07 Å². The fourth-order valence-corrected chi connectivity index (χ4v) is 2.97. The summed E-state index contributed by atoms with van der Waals surface area (Å²) in [7, 11) is 0. The quantitative estimate of drug-likeness (QED) is 0.745. The van der Waals surface area contributed by atoms with Crippen LogP contribution < -0.4 is 0 Å². The Morgan fingerprint density at radius 3 is 2.80 bits per heavy atom. The van der Waals surface area contributed by atoms with E-state index in [2.05, 4.69) is 0 Å². The zero-order chi connectivity index (χ0) is 14.9. The van der Waals surface area contributed by atoms with Crippen molar-refractivity contribution in [2.75, 3.05) is 6.54 Å². The lowest BCUT2D eigenvalue weighted by molar-refractivity contribution is 0.0602. The smallest absolute Gasteiger partial charge is 0.258 e. The Morgan fingerprint density at radius 1 is 1.45 bits per heavy atom. The highest BCUT2D eigenvalue weighted by Crippen LogP contribution is 2.29. The second-order valence-electron chi connectivity index (χ2n) is 5.23. The number of amides is 1. The van der Waals surface area contributed by atoms with E-state index in [1.165, 1.54) is 0 Å². The molecule has 1 aliphatic rings. The zero-order valence-electron chi connectivity index (χ0n) is 11.7. The molecule has 0 aromatic heterocycles. The average Bonchev–Trinajstić information content (AvgIpc) is 2.45. The van der Waals surface area contributed by atoms with Gasteiger partial charge in [0.05, 0.1) is 10.6 Å². The van der Waals surface area contributed by atoms with E-state index in [0.717, 1.165) is 31.7 Å². The molecule has 2 nitrogen and oxygen atoms in total. The van der Waals surface area contributed by atoms with Gasteiger partial charge >= 0.3 is 0 Å². The number of nitrogens with zero attached hydrogens (tertiary/aromatic N) is 1. The first-order chi connectivity index (χ1) is 9.47. The number of aryl methyl sites for hydroxylation is 1. The van der Waals surface area contributed by atoms with E-state index < -0.39 is 17.5 Å². The van der Waals surface area contributed by atoms with Gasteiger partial charge in [-0.2, -0.15) is 0 Å². The number of carbonyl (C=O) groups is 1. The van der Waals surface area contributed by atoms with E-state index >= 15 is 0 Å². The molecule has 1 amide bonds. The van der Waals surface area contributed by atoms with Gasteiger partial charge in [-0.15, -0.1) is 0 Å². The van der Waals surface area contributed by atoms with Crippen LogP contribution in [-0.4, -0.2) is 23.4 Å². The summed E-state index contributed by atoms with van der Waals surface area (Å²) in [6, 6.07) is 1.09. The molecule has 1 unspecified atom stereocenters. The van der Waals surface area contributed by atoms with Crippen LogP contribution in [0.5, 0.6) is 0 Å². The van der Waals surface area contributed by atoms with Crippen LogP contribution in [0.4, 0.5) is 8.78 Å². The number of hydrogen-bond donors (Lipinski definition) is 0. The van der Waals surface area contributed by atoms with E-state index in [9.17, 15) is 13.6 Å². The first kappa shape index (κ1) is 15.2. The molecule has 1 aromatic carbocycles. The largest absolute Gasteiger partial charge is 0.336 e. The molecule has 2 rings (SSSR count). The highest BCUT2D eigenvalue weighted by atomic mass is 35.5. The van der Waals surface area contributed by atoms with Crippen molar-refractivity contribution in [1.82, 2.24) is 4.90 Å². The fraction of sp³-hybridized carbons (Fsp3) is 0.533. The summed E-state index contributed by atoms with van der Waals surface area (Å²) in [5.41, 5.74) is 0.0449. The molecule has 1 aliphatic heterocycles. The first-order valence-electron chi connectivity index (χ1n) is 6.92. The minimum Gasteiger partial charge on any atom is -0.336 e. The number of carbonyl (C=O) groups excluding carboxylic acids is 1. The SMILES string of the molecule is CCC1CCCCN1C(=O)c1c(F)c(F)cc(C)c1Cl. The molecular weight excluding hydrogens is 284 g/mol. The molecule has 0 spiro atoms. The fourth-order valence-electron chi connectivity index (χ4n) is 2.75. The van der Waals surface area contributed by atoms with Crippen molar-refractivity contribution in [3.8, 4) is 0 Å². The average molecular weight is 302 g/mol. The molecule has 1 heterocycles. The van der Waals surface area contributed by atoms with E-state index in [1.54, 1.807) is 11.8 Å². The molecule has 0 bridgehead atoms. The molecule has 1 atom stereocenters. The van der Waals surface area contributed by atoms with Gasteiger partial charge in [0.1, 0.15) is 0 Å². The van der Waals surface area contributed by atoms with Crippen molar-refractivity contribution in [2.45, 2.75) is 45.6 Å². The summed E-state index contributed by atoms with van der Waals surface area (Å²) in [6.07, 6.45) is 3.64.